The summed E-state index contributed by atoms with van der Waals surface area (Å²) in [5.41, 5.74) is 0.932. The first-order chi connectivity index (χ1) is 11.9. The zero-order chi connectivity index (χ0) is 17.8. The van der Waals surface area contributed by atoms with Crippen molar-refractivity contribution in [3.8, 4) is 0 Å². The van der Waals surface area contributed by atoms with Crippen LogP contribution < -0.4 is 0 Å². The molecule has 3 heteroatoms. The molecular formula is C22H39NO2. The lowest BCUT2D eigenvalue weighted by Gasteiger charge is -2.61. The van der Waals surface area contributed by atoms with Crippen LogP contribution in [0.1, 0.15) is 71.6 Å². The van der Waals surface area contributed by atoms with Gasteiger partial charge in [0.25, 0.3) is 0 Å². The highest BCUT2D eigenvalue weighted by Crippen LogP contribution is 2.66. The second-order valence-electron chi connectivity index (χ2n) is 10.4. The second-order valence-corrected chi connectivity index (χ2v) is 10.4. The number of fused-ring (bicyclic) bond motifs is 5. The van der Waals surface area contributed by atoms with Crippen LogP contribution in [0, 0.1) is 34.5 Å². The molecule has 4 aliphatic carbocycles. The van der Waals surface area contributed by atoms with E-state index in [4.69, 9.17) is 0 Å². The summed E-state index contributed by atoms with van der Waals surface area (Å²) in [6, 6.07) is 0.657. The SMILES string of the molecule is CN(CCO)C1CCC2C3CCC4CC(O)CCC4(C)C3CCC21C. The molecule has 0 amide bonds. The maximum Gasteiger partial charge on any atom is 0.0558 e. The largest absolute Gasteiger partial charge is 0.395 e. The van der Waals surface area contributed by atoms with Gasteiger partial charge >= 0.3 is 0 Å². The fourth-order valence-corrected chi connectivity index (χ4v) is 8.25. The molecule has 0 saturated heterocycles. The van der Waals surface area contributed by atoms with Crippen molar-refractivity contribution >= 4 is 0 Å². The lowest BCUT2D eigenvalue weighted by molar-refractivity contribution is -0.128. The zero-order valence-corrected chi connectivity index (χ0v) is 16.6. The fraction of sp³-hybridized carbons (Fsp3) is 1.00. The molecule has 4 saturated carbocycles. The number of hydrogen-bond acceptors (Lipinski definition) is 3. The van der Waals surface area contributed by atoms with Gasteiger partial charge in [-0.2, -0.15) is 0 Å². The number of hydrogen-bond donors (Lipinski definition) is 2. The number of nitrogens with zero attached hydrogens (tertiary/aromatic N) is 1. The van der Waals surface area contributed by atoms with Crippen LogP contribution in [0.5, 0.6) is 0 Å². The van der Waals surface area contributed by atoms with Crippen molar-refractivity contribution in [1.82, 2.24) is 4.90 Å². The Bertz CT molecular complexity index is 496. The lowest BCUT2D eigenvalue weighted by atomic mass is 9.45. The third kappa shape index (κ3) is 2.72. The maximum atomic E-state index is 10.2. The first-order valence-electron chi connectivity index (χ1n) is 10.9. The minimum absolute atomic E-state index is 0.0357. The predicted molar refractivity (Wildman–Crippen MR) is 101 cm³/mol. The normalized spacial score (nSPS) is 52.6. The van der Waals surface area contributed by atoms with Crippen LogP contribution in [-0.2, 0) is 0 Å². The molecule has 3 nitrogen and oxygen atoms in total. The first kappa shape index (κ1) is 18.3. The van der Waals surface area contributed by atoms with Gasteiger partial charge in [-0.3, -0.25) is 0 Å². The van der Waals surface area contributed by atoms with Crippen molar-refractivity contribution in [2.45, 2.75) is 83.8 Å². The molecule has 0 spiro atoms. The van der Waals surface area contributed by atoms with Crippen LogP contribution in [0.15, 0.2) is 0 Å². The third-order valence-corrected chi connectivity index (χ3v) is 9.57. The number of likely N-dealkylation sites (N-methyl/N-ethyl adjacent to an activating group) is 1. The molecule has 0 aromatic heterocycles. The van der Waals surface area contributed by atoms with Crippen molar-refractivity contribution in [2.24, 2.45) is 34.5 Å². The van der Waals surface area contributed by atoms with Gasteiger partial charge in [-0.05, 0) is 99.3 Å². The van der Waals surface area contributed by atoms with Gasteiger partial charge in [-0.1, -0.05) is 13.8 Å². The highest BCUT2D eigenvalue weighted by molar-refractivity contribution is 5.11. The lowest BCUT2D eigenvalue weighted by Crippen LogP contribution is -2.56. The summed E-state index contributed by atoms with van der Waals surface area (Å²) in [5, 5.41) is 19.6. The Balaban J connectivity index is 1.56. The van der Waals surface area contributed by atoms with Crippen LogP contribution in [0.2, 0.25) is 0 Å². The quantitative estimate of drug-likeness (QED) is 0.817. The molecule has 0 aromatic carbocycles. The summed E-state index contributed by atoms with van der Waals surface area (Å²) >= 11 is 0. The molecule has 2 N–H and O–H groups in total. The van der Waals surface area contributed by atoms with Gasteiger partial charge in [0.1, 0.15) is 0 Å². The fourth-order valence-electron chi connectivity index (χ4n) is 8.25. The van der Waals surface area contributed by atoms with Gasteiger partial charge in [-0.15, -0.1) is 0 Å². The van der Waals surface area contributed by atoms with E-state index in [1.807, 2.05) is 0 Å². The van der Waals surface area contributed by atoms with E-state index >= 15 is 0 Å². The summed E-state index contributed by atoms with van der Waals surface area (Å²) in [5.74, 6) is 3.43. The molecule has 8 unspecified atom stereocenters. The summed E-state index contributed by atoms with van der Waals surface area (Å²) < 4.78 is 0. The highest BCUT2D eigenvalue weighted by atomic mass is 16.3. The van der Waals surface area contributed by atoms with E-state index in [1.165, 1.54) is 44.9 Å². The van der Waals surface area contributed by atoms with Crippen LogP contribution in [0.3, 0.4) is 0 Å². The maximum absolute atomic E-state index is 10.2. The molecule has 144 valence electrons. The molecule has 0 aliphatic heterocycles. The molecular weight excluding hydrogens is 310 g/mol. The molecule has 4 aliphatic rings. The molecule has 4 fully saturated rings. The summed E-state index contributed by atoms with van der Waals surface area (Å²) in [4.78, 5) is 2.45. The highest BCUT2D eigenvalue weighted by Gasteiger charge is 2.60. The molecule has 25 heavy (non-hydrogen) atoms. The Hall–Kier alpha value is -0.120. The Kier molecular flexibility index (Phi) is 4.74. The summed E-state index contributed by atoms with van der Waals surface area (Å²) in [6.45, 7) is 6.24. The minimum Gasteiger partial charge on any atom is -0.395 e. The molecule has 4 rings (SSSR count). The van der Waals surface area contributed by atoms with Gasteiger partial charge < -0.3 is 15.1 Å². The monoisotopic (exact) mass is 349 g/mol. The van der Waals surface area contributed by atoms with Gasteiger partial charge in [0.15, 0.2) is 0 Å². The van der Waals surface area contributed by atoms with E-state index in [1.54, 1.807) is 0 Å². The van der Waals surface area contributed by atoms with Gasteiger partial charge in [-0.25, -0.2) is 0 Å². The van der Waals surface area contributed by atoms with Crippen molar-refractivity contribution in [3.05, 3.63) is 0 Å². The van der Waals surface area contributed by atoms with E-state index in [2.05, 4.69) is 25.8 Å². The van der Waals surface area contributed by atoms with Gasteiger partial charge in [0.2, 0.25) is 0 Å². The molecule has 0 aromatic rings. The Morgan fingerprint density at radius 1 is 0.920 bits per heavy atom. The minimum atomic E-state index is -0.0357. The average molecular weight is 350 g/mol. The van der Waals surface area contributed by atoms with Gasteiger partial charge in [0.05, 0.1) is 12.7 Å². The predicted octanol–water partition coefficient (Wildman–Crippen LogP) is 3.68. The topological polar surface area (TPSA) is 43.7 Å². The Morgan fingerprint density at radius 3 is 2.40 bits per heavy atom. The third-order valence-electron chi connectivity index (χ3n) is 9.57. The van der Waals surface area contributed by atoms with Crippen molar-refractivity contribution < 1.29 is 10.2 Å². The number of aliphatic hydroxyl groups is 2. The van der Waals surface area contributed by atoms with E-state index in [9.17, 15) is 10.2 Å². The van der Waals surface area contributed by atoms with Crippen LogP contribution in [-0.4, -0.2) is 47.5 Å². The van der Waals surface area contributed by atoms with Crippen LogP contribution in [0.25, 0.3) is 0 Å². The van der Waals surface area contributed by atoms with E-state index < -0.39 is 0 Å². The number of rotatable bonds is 3. The zero-order valence-electron chi connectivity index (χ0n) is 16.6. The van der Waals surface area contributed by atoms with E-state index in [0.29, 0.717) is 16.9 Å². The Labute approximate surface area is 154 Å². The molecule has 0 bridgehead atoms. The summed E-state index contributed by atoms with van der Waals surface area (Å²) in [6.07, 6.45) is 11.5. The second kappa shape index (κ2) is 6.49. The standard InChI is InChI=1S/C22H39NO2/c1-21-10-8-16(25)14-15(21)4-5-17-18-6-7-20(23(3)12-13-24)22(18,2)11-9-19(17)21/h15-20,24-25H,4-14H2,1-3H3. The van der Waals surface area contributed by atoms with Crippen LogP contribution in [0.4, 0.5) is 0 Å². The number of aliphatic hydroxyl groups excluding tert-OH is 2. The smallest absolute Gasteiger partial charge is 0.0558 e. The van der Waals surface area contributed by atoms with Crippen molar-refractivity contribution in [2.75, 3.05) is 20.2 Å². The molecule has 8 atom stereocenters. The molecule has 0 radical (unpaired) electrons. The van der Waals surface area contributed by atoms with E-state index in [-0.39, 0.29) is 12.7 Å². The molecule has 0 heterocycles. The average Bonchev–Trinajstić information content (AvgIpc) is 2.93. The Morgan fingerprint density at radius 2 is 1.64 bits per heavy atom. The van der Waals surface area contributed by atoms with Crippen LogP contribution >= 0.6 is 0 Å². The van der Waals surface area contributed by atoms with Crippen molar-refractivity contribution in [1.29, 1.82) is 0 Å². The van der Waals surface area contributed by atoms with Crippen molar-refractivity contribution in [3.63, 3.8) is 0 Å². The summed E-state index contributed by atoms with van der Waals surface area (Å²) in [7, 11) is 2.22. The van der Waals surface area contributed by atoms with E-state index in [0.717, 1.165) is 43.1 Å². The first-order valence-corrected chi connectivity index (χ1v) is 10.9. The van der Waals surface area contributed by atoms with Gasteiger partial charge in [0, 0.05) is 12.6 Å².